The van der Waals surface area contributed by atoms with Crippen LogP contribution >= 0.6 is 35.0 Å². The first-order valence-electron chi connectivity index (χ1n) is 11.8. The van der Waals surface area contributed by atoms with Gasteiger partial charge < -0.3 is 15.2 Å². The van der Waals surface area contributed by atoms with Gasteiger partial charge in [-0.15, -0.1) is 10.2 Å². The molecule has 0 saturated heterocycles. The number of halogens is 2. The highest BCUT2D eigenvalue weighted by molar-refractivity contribution is 7.99. The Morgan fingerprint density at radius 3 is 2.39 bits per heavy atom. The van der Waals surface area contributed by atoms with E-state index in [9.17, 15) is 9.59 Å². The van der Waals surface area contributed by atoms with Gasteiger partial charge in [0.1, 0.15) is 0 Å². The zero-order valence-electron chi connectivity index (χ0n) is 21.1. The van der Waals surface area contributed by atoms with E-state index in [1.165, 1.54) is 11.8 Å². The van der Waals surface area contributed by atoms with Crippen molar-refractivity contribution in [3.05, 3.63) is 69.0 Å². The molecule has 0 spiro atoms. The van der Waals surface area contributed by atoms with Crippen molar-refractivity contribution in [2.45, 2.75) is 58.8 Å². The Morgan fingerprint density at radius 2 is 1.78 bits per heavy atom. The predicted molar refractivity (Wildman–Crippen MR) is 147 cm³/mol. The molecule has 0 saturated carbocycles. The summed E-state index contributed by atoms with van der Waals surface area (Å²) in [7, 11) is 0. The molecule has 1 aromatic heterocycles. The molecule has 0 fully saturated rings. The molecule has 0 aliphatic heterocycles. The summed E-state index contributed by atoms with van der Waals surface area (Å²) in [5.74, 6) is 0.691. The SMILES string of the molecule is CCn1c(SCC(=O)Nc2c(C)cccc2C)nnc1[C@H](CC(C)C)NC(=O)c1ccc(Cl)cc1Cl. The van der Waals surface area contributed by atoms with Crippen molar-refractivity contribution in [1.82, 2.24) is 20.1 Å². The van der Waals surface area contributed by atoms with Crippen molar-refractivity contribution in [3.63, 3.8) is 0 Å². The van der Waals surface area contributed by atoms with Crippen LogP contribution in [0.5, 0.6) is 0 Å². The Labute approximate surface area is 226 Å². The number of carbonyl (C=O) groups is 2. The van der Waals surface area contributed by atoms with Gasteiger partial charge in [0, 0.05) is 17.3 Å². The largest absolute Gasteiger partial charge is 0.342 e. The van der Waals surface area contributed by atoms with Gasteiger partial charge in [-0.2, -0.15) is 0 Å². The van der Waals surface area contributed by atoms with Gasteiger partial charge >= 0.3 is 0 Å². The maximum Gasteiger partial charge on any atom is 0.253 e. The lowest BCUT2D eigenvalue weighted by molar-refractivity contribution is -0.113. The van der Waals surface area contributed by atoms with Gasteiger partial charge in [0.25, 0.3) is 5.91 Å². The van der Waals surface area contributed by atoms with Gasteiger partial charge in [0.2, 0.25) is 5.91 Å². The van der Waals surface area contributed by atoms with Crippen molar-refractivity contribution in [2.24, 2.45) is 5.92 Å². The average molecular weight is 549 g/mol. The van der Waals surface area contributed by atoms with E-state index >= 15 is 0 Å². The predicted octanol–water partition coefficient (Wildman–Crippen LogP) is 6.47. The molecule has 1 heterocycles. The van der Waals surface area contributed by atoms with Crippen LogP contribution in [0.4, 0.5) is 5.69 Å². The molecule has 7 nitrogen and oxygen atoms in total. The van der Waals surface area contributed by atoms with E-state index in [1.54, 1.807) is 18.2 Å². The van der Waals surface area contributed by atoms with E-state index in [0.717, 1.165) is 16.8 Å². The molecular formula is C26H31Cl2N5O2S. The Morgan fingerprint density at radius 1 is 1.08 bits per heavy atom. The Balaban J connectivity index is 1.76. The highest BCUT2D eigenvalue weighted by Gasteiger charge is 2.25. The molecule has 192 valence electrons. The molecule has 0 aliphatic carbocycles. The highest BCUT2D eigenvalue weighted by atomic mass is 35.5. The number of aryl methyl sites for hydroxylation is 2. The maximum absolute atomic E-state index is 13.0. The van der Waals surface area contributed by atoms with Crippen LogP contribution in [0.3, 0.4) is 0 Å². The van der Waals surface area contributed by atoms with Crippen LogP contribution in [0.2, 0.25) is 10.0 Å². The molecule has 0 unspecified atom stereocenters. The van der Waals surface area contributed by atoms with E-state index in [0.29, 0.717) is 34.5 Å². The Bertz CT molecular complexity index is 1220. The summed E-state index contributed by atoms with van der Waals surface area (Å²) in [5, 5.41) is 16.2. The zero-order valence-corrected chi connectivity index (χ0v) is 23.4. The van der Waals surface area contributed by atoms with E-state index in [2.05, 4.69) is 34.7 Å². The molecule has 2 aromatic carbocycles. The first-order valence-corrected chi connectivity index (χ1v) is 13.5. The third-order valence-corrected chi connectivity index (χ3v) is 7.15. The fourth-order valence-electron chi connectivity index (χ4n) is 3.89. The minimum Gasteiger partial charge on any atom is -0.342 e. The number of amides is 2. The first-order chi connectivity index (χ1) is 17.1. The van der Waals surface area contributed by atoms with Crippen LogP contribution in [0, 0.1) is 19.8 Å². The number of carbonyl (C=O) groups excluding carboxylic acids is 2. The topological polar surface area (TPSA) is 88.9 Å². The van der Waals surface area contributed by atoms with Crippen LogP contribution < -0.4 is 10.6 Å². The summed E-state index contributed by atoms with van der Waals surface area (Å²) < 4.78 is 1.94. The summed E-state index contributed by atoms with van der Waals surface area (Å²) in [5.41, 5.74) is 3.21. The quantitative estimate of drug-likeness (QED) is 0.284. The van der Waals surface area contributed by atoms with Gasteiger partial charge in [0.05, 0.1) is 22.4 Å². The fourth-order valence-corrected chi connectivity index (χ4v) is 5.19. The van der Waals surface area contributed by atoms with Crippen LogP contribution in [-0.4, -0.2) is 32.3 Å². The third-order valence-electron chi connectivity index (χ3n) is 5.64. The number of thioether (sulfide) groups is 1. The number of hydrogen-bond acceptors (Lipinski definition) is 5. The van der Waals surface area contributed by atoms with Gasteiger partial charge in [-0.05, 0) is 62.4 Å². The van der Waals surface area contributed by atoms with Crippen molar-refractivity contribution in [3.8, 4) is 0 Å². The third kappa shape index (κ3) is 7.02. The number of rotatable bonds is 10. The first kappa shape index (κ1) is 28.0. The lowest BCUT2D eigenvalue weighted by Gasteiger charge is -2.21. The van der Waals surface area contributed by atoms with Crippen molar-refractivity contribution in [2.75, 3.05) is 11.1 Å². The standard InChI is InChI=1S/C26H31Cl2N5O2S/c1-6-33-24(21(12-15(2)3)29-25(35)19-11-10-18(27)13-20(19)28)31-32-26(33)36-14-22(34)30-23-16(4)8-7-9-17(23)5/h7-11,13,15,21H,6,12,14H2,1-5H3,(H,29,35)(H,30,34)/t21-/m0/s1. The second kappa shape index (κ2) is 12.6. The number of aromatic nitrogens is 3. The number of para-hydroxylation sites is 1. The Hall–Kier alpha value is -2.55. The minimum absolute atomic E-state index is 0.117. The normalized spacial score (nSPS) is 12.0. The molecule has 0 bridgehead atoms. The van der Waals surface area contributed by atoms with E-state index in [1.807, 2.05) is 43.5 Å². The number of nitrogens with one attached hydrogen (secondary N) is 2. The molecule has 2 N–H and O–H groups in total. The van der Waals surface area contributed by atoms with Crippen molar-refractivity contribution < 1.29 is 9.59 Å². The lowest BCUT2D eigenvalue weighted by atomic mass is 10.0. The molecule has 36 heavy (non-hydrogen) atoms. The maximum atomic E-state index is 13.0. The number of anilines is 1. The van der Waals surface area contributed by atoms with Crippen LogP contribution in [0.25, 0.3) is 0 Å². The van der Waals surface area contributed by atoms with Gasteiger partial charge in [-0.1, -0.05) is 67.0 Å². The summed E-state index contributed by atoms with van der Waals surface area (Å²) in [6.07, 6.45) is 0.660. The molecule has 3 aromatic rings. The molecule has 0 radical (unpaired) electrons. The van der Waals surface area contributed by atoms with Crippen LogP contribution in [-0.2, 0) is 11.3 Å². The molecule has 1 atom stereocenters. The molecule has 10 heteroatoms. The second-order valence-corrected chi connectivity index (χ2v) is 10.8. The monoisotopic (exact) mass is 547 g/mol. The zero-order chi connectivity index (χ0) is 26.4. The van der Waals surface area contributed by atoms with Crippen molar-refractivity contribution in [1.29, 1.82) is 0 Å². The van der Waals surface area contributed by atoms with Crippen LogP contribution in [0.15, 0.2) is 41.6 Å². The molecule has 2 amide bonds. The smallest absolute Gasteiger partial charge is 0.253 e. The van der Waals surface area contributed by atoms with Gasteiger partial charge in [-0.3, -0.25) is 9.59 Å². The van der Waals surface area contributed by atoms with E-state index in [4.69, 9.17) is 23.2 Å². The van der Waals surface area contributed by atoms with E-state index < -0.39 is 0 Å². The molecular weight excluding hydrogens is 517 g/mol. The summed E-state index contributed by atoms with van der Waals surface area (Å²) in [6, 6.07) is 10.3. The van der Waals surface area contributed by atoms with Gasteiger partial charge in [-0.25, -0.2) is 0 Å². The Kier molecular flexibility index (Phi) is 9.82. The summed E-state index contributed by atoms with van der Waals surface area (Å²) >= 11 is 13.5. The molecule has 3 rings (SSSR count). The summed E-state index contributed by atoms with van der Waals surface area (Å²) in [4.78, 5) is 25.7. The van der Waals surface area contributed by atoms with Crippen molar-refractivity contribution >= 4 is 52.5 Å². The second-order valence-electron chi connectivity index (χ2n) is 8.97. The van der Waals surface area contributed by atoms with E-state index in [-0.39, 0.29) is 34.5 Å². The number of benzene rings is 2. The fraction of sp³-hybridized carbons (Fsp3) is 0.385. The number of nitrogens with zero attached hydrogens (tertiary/aromatic N) is 3. The van der Waals surface area contributed by atoms with Crippen LogP contribution in [0.1, 0.15) is 60.5 Å². The lowest BCUT2D eigenvalue weighted by Crippen LogP contribution is -2.32. The average Bonchev–Trinajstić information content (AvgIpc) is 3.22. The summed E-state index contributed by atoms with van der Waals surface area (Å²) in [6.45, 7) is 10.7. The number of hydrogen-bond donors (Lipinski definition) is 2. The van der Waals surface area contributed by atoms with Gasteiger partial charge in [0.15, 0.2) is 11.0 Å². The molecule has 0 aliphatic rings. The highest BCUT2D eigenvalue weighted by Crippen LogP contribution is 2.27. The minimum atomic E-state index is -0.380.